The van der Waals surface area contributed by atoms with Crippen LogP contribution >= 0.6 is 11.3 Å². The van der Waals surface area contributed by atoms with E-state index >= 15 is 0 Å². The molecule has 1 spiro atoms. The Hall–Kier alpha value is -0.470. The van der Waals surface area contributed by atoms with Gasteiger partial charge in [0.1, 0.15) is 9.81 Å². The van der Waals surface area contributed by atoms with E-state index < -0.39 is 21.2 Å². The lowest BCUT2D eigenvalue weighted by molar-refractivity contribution is -0.180. The first kappa shape index (κ1) is 16.4. The molecule has 2 aliphatic heterocycles. The Morgan fingerprint density at radius 2 is 2.00 bits per heavy atom. The number of ether oxygens (including phenoxy) is 2. The standard InChI is InChI=1S/C15H23NO4S2/c1-11-7-12(2)21-13(11)22(17,18)16-8-14(3,4)20-15(9-16)5-6-19-10-15/h7H,5-6,8-10H2,1-4H3. The Labute approximate surface area is 136 Å². The number of nitrogens with zero attached hydrogens (tertiary/aromatic N) is 1. The third kappa shape index (κ3) is 2.85. The number of sulfonamides is 1. The van der Waals surface area contributed by atoms with E-state index in [0.29, 0.717) is 30.5 Å². The summed E-state index contributed by atoms with van der Waals surface area (Å²) in [6.07, 6.45) is 0.741. The summed E-state index contributed by atoms with van der Waals surface area (Å²) < 4.78 is 39.9. The van der Waals surface area contributed by atoms with Crippen molar-refractivity contribution in [2.75, 3.05) is 26.3 Å². The third-order valence-electron chi connectivity index (χ3n) is 4.15. The normalized spacial score (nSPS) is 29.3. The van der Waals surface area contributed by atoms with Crippen molar-refractivity contribution < 1.29 is 17.9 Å². The molecule has 0 N–H and O–H groups in total. The van der Waals surface area contributed by atoms with E-state index in [1.165, 1.54) is 11.3 Å². The van der Waals surface area contributed by atoms with Gasteiger partial charge in [-0.25, -0.2) is 8.42 Å². The highest BCUT2D eigenvalue weighted by atomic mass is 32.2. The van der Waals surface area contributed by atoms with Gasteiger partial charge < -0.3 is 9.47 Å². The van der Waals surface area contributed by atoms with Crippen LogP contribution in [-0.2, 0) is 19.5 Å². The summed E-state index contributed by atoms with van der Waals surface area (Å²) in [6, 6.07) is 1.93. The van der Waals surface area contributed by atoms with E-state index in [1.807, 2.05) is 33.8 Å². The molecule has 22 heavy (non-hydrogen) atoms. The highest BCUT2D eigenvalue weighted by Crippen LogP contribution is 2.38. The molecule has 0 amide bonds. The minimum Gasteiger partial charge on any atom is -0.378 e. The Morgan fingerprint density at radius 1 is 1.27 bits per heavy atom. The monoisotopic (exact) mass is 345 g/mol. The maximum atomic E-state index is 13.1. The zero-order valence-electron chi connectivity index (χ0n) is 13.5. The summed E-state index contributed by atoms with van der Waals surface area (Å²) >= 11 is 1.34. The van der Waals surface area contributed by atoms with Crippen molar-refractivity contribution in [3.8, 4) is 0 Å². The first-order valence-corrected chi connectivity index (χ1v) is 9.74. The molecule has 1 aromatic rings. The van der Waals surface area contributed by atoms with Gasteiger partial charge in [-0.3, -0.25) is 0 Å². The predicted octanol–water partition coefficient (Wildman–Crippen LogP) is 2.32. The second kappa shape index (κ2) is 5.27. The molecule has 2 fully saturated rings. The first-order chi connectivity index (χ1) is 10.1. The van der Waals surface area contributed by atoms with Crippen molar-refractivity contribution in [3.63, 3.8) is 0 Å². The van der Waals surface area contributed by atoms with Gasteiger partial charge >= 0.3 is 0 Å². The molecule has 3 heterocycles. The quantitative estimate of drug-likeness (QED) is 0.825. The van der Waals surface area contributed by atoms with Crippen LogP contribution in [0.4, 0.5) is 0 Å². The molecule has 5 nitrogen and oxygen atoms in total. The van der Waals surface area contributed by atoms with E-state index in [1.54, 1.807) is 4.31 Å². The van der Waals surface area contributed by atoms with E-state index in [4.69, 9.17) is 9.47 Å². The Bertz CT molecular complexity index is 672. The lowest BCUT2D eigenvalue weighted by Crippen LogP contribution is -2.61. The topological polar surface area (TPSA) is 55.8 Å². The molecule has 7 heteroatoms. The third-order valence-corrected chi connectivity index (χ3v) is 7.71. The molecule has 2 aliphatic rings. The number of hydrogen-bond acceptors (Lipinski definition) is 5. The number of aryl methyl sites for hydroxylation is 2. The lowest BCUT2D eigenvalue weighted by Gasteiger charge is -2.47. The van der Waals surface area contributed by atoms with Crippen LogP contribution in [0, 0.1) is 13.8 Å². The Kier molecular flexibility index (Phi) is 3.93. The van der Waals surface area contributed by atoms with Gasteiger partial charge in [0, 0.05) is 31.0 Å². The van der Waals surface area contributed by atoms with Crippen LogP contribution in [0.5, 0.6) is 0 Å². The number of rotatable bonds is 2. The van der Waals surface area contributed by atoms with Gasteiger partial charge in [-0.2, -0.15) is 4.31 Å². The van der Waals surface area contributed by atoms with Gasteiger partial charge in [0.25, 0.3) is 10.0 Å². The molecule has 0 bridgehead atoms. The lowest BCUT2D eigenvalue weighted by atomic mass is 9.97. The van der Waals surface area contributed by atoms with Crippen LogP contribution in [-0.4, -0.2) is 50.2 Å². The van der Waals surface area contributed by atoms with Crippen molar-refractivity contribution in [2.24, 2.45) is 0 Å². The fraction of sp³-hybridized carbons (Fsp3) is 0.733. The van der Waals surface area contributed by atoms with Crippen molar-refractivity contribution in [2.45, 2.75) is 49.5 Å². The highest BCUT2D eigenvalue weighted by molar-refractivity contribution is 7.91. The van der Waals surface area contributed by atoms with Crippen molar-refractivity contribution >= 4 is 21.4 Å². The van der Waals surface area contributed by atoms with E-state index in [9.17, 15) is 8.42 Å². The van der Waals surface area contributed by atoms with Crippen LogP contribution < -0.4 is 0 Å². The van der Waals surface area contributed by atoms with Gasteiger partial charge in [-0.15, -0.1) is 11.3 Å². The SMILES string of the molecule is Cc1cc(C)c(S(=O)(=O)N2CC(C)(C)OC3(CCOC3)C2)s1. The Balaban J connectivity index is 1.97. The number of morpholine rings is 1. The van der Waals surface area contributed by atoms with Crippen LogP contribution in [0.3, 0.4) is 0 Å². The summed E-state index contributed by atoms with van der Waals surface area (Å²) in [7, 11) is -3.49. The largest absolute Gasteiger partial charge is 0.378 e. The number of hydrogen-bond donors (Lipinski definition) is 0. The molecular formula is C15H23NO4S2. The second-order valence-electron chi connectivity index (χ2n) is 6.95. The molecule has 1 atom stereocenters. The predicted molar refractivity (Wildman–Crippen MR) is 85.9 cm³/mol. The van der Waals surface area contributed by atoms with Crippen molar-refractivity contribution in [3.05, 3.63) is 16.5 Å². The van der Waals surface area contributed by atoms with Crippen molar-refractivity contribution in [1.82, 2.24) is 4.31 Å². The van der Waals surface area contributed by atoms with Gasteiger partial charge in [-0.1, -0.05) is 0 Å². The molecule has 0 aromatic carbocycles. The molecule has 3 rings (SSSR count). The summed E-state index contributed by atoms with van der Waals surface area (Å²) in [5.74, 6) is 0. The maximum Gasteiger partial charge on any atom is 0.253 e. The molecule has 1 aromatic heterocycles. The smallest absolute Gasteiger partial charge is 0.253 e. The van der Waals surface area contributed by atoms with Crippen molar-refractivity contribution in [1.29, 1.82) is 0 Å². The zero-order chi connectivity index (χ0) is 16.2. The van der Waals surface area contributed by atoms with Gasteiger partial charge in [0.15, 0.2) is 0 Å². The average molecular weight is 345 g/mol. The van der Waals surface area contributed by atoms with Crippen LogP contribution in [0.2, 0.25) is 0 Å². The highest BCUT2D eigenvalue weighted by Gasteiger charge is 2.50. The van der Waals surface area contributed by atoms with Crippen LogP contribution in [0.25, 0.3) is 0 Å². The summed E-state index contributed by atoms with van der Waals surface area (Å²) in [5.41, 5.74) is -0.197. The van der Waals surface area contributed by atoms with E-state index in [0.717, 1.165) is 16.9 Å². The van der Waals surface area contributed by atoms with E-state index in [-0.39, 0.29) is 0 Å². The molecule has 2 saturated heterocycles. The van der Waals surface area contributed by atoms with Gasteiger partial charge in [0.05, 0.1) is 12.2 Å². The zero-order valence-corrected chi connectivity index (χ0v) is 15.1. The van der Waals surface area contributed by atoms with Crippen LogP contribution in [0.1, 0.15) is 30.7 Å². The van der Waals surface area contributed by atoms with E-state index in [2.05, 4.69) is 0 Å². The fourth-order valence-electron chi connectivity index (χ4n) is 3.41. The number of thiophene rings is 1. The fourth-order valence-corrected chi connectivity index (χ4v) is 6.88. The average Bonchev–Trinajstić information content (AvgIpc) is 2.94. The summed E-state index contributed by atoms with van der Waals surface area (Å²) in [5, 5.41) is 0. The summed E-state index contributed by atoms with van der Waals surface area (Å²) in [4.78, 5) is 1.02. The van der Waals surface area contributed by atoms with Crippen LogP contribution in [0.15, 0.2) is 10.3 Å². The molecule has 124 valence electrons. The molecule has 0 saturated carbocycles. The minimum absolute atomic E-state index is 0.369. The first-order valence-electron chi connectivity index (χ1n) is 7.49. The maximum absolute atomic E-state index is 13.1. The van der Waals surface area contributed by atoms with Gasteiger partial charge in [0.2, 0.25) is 0 Å². The minimum atomic E-state index is -3.49. The molecule has 0 aliphatic carbocycles. The second-order valence-corrected chi connectivity index (χ2v) is 10.3. The molecule has 1 unspecified atom stereocenters. The summed E-state index contributed by atoms with van der Waals surface area (Å²) in [6.45, 7) is 9.51. The van der Waals surface area contributed by atoms with Gasteiger partial charge in [-0.05, 0) is 39.3 Å². The molecule has 0 radical (unpaired) electrons. The molecular weight excluding hydrogens is 322 g/mol. The Morgan fingerprint density at radius 3 is 2.55 bits per heavy atom.